The Bertz CT molecular complexity index is 498. The summed E-state index contributed by atoms with van der Waals surface area (Å²) in [4.78, 5) is 1.32. The summed E-state index contributed by atoms with van der Waals surface area (Å²) in [6.07, 6.45) is 0.906. The van der Waals surface area contributed by atoms with Gasteiger partial charge < -0.3 is 5.32 Å². The van der Waals surface area contributed by atoms with E-state index in [9.17, 15) is 0 Å². The molecule has 1 aromatic heterocycles. The third-order valence-corrected chi connectivity index (χ3v) is 4.77. The highest BCUT2D eigenvalue weighted by Gasteiger charge is 2.13. The Morgan fingerprint density at radius 1 is 1.29 bits per heavy atom. The van der Waals surface area contributed by atoms with Crippen LogP contribution in [0.1, 0.15) is 16.5 Å². The van der Waals surface area contributed by atoms with E-state index in [0.29, 0.717) is 6.04 Å². The van der Waals surface area contributed by atoms with Crippen LogP contribution in [0.2, 0.25) is 5.02 Å². The maximum absolute atomic E-state index is 6.18. The number of hydrogen-bond acceptors (Lipinski definition) is 2. The van der Waals surface area contributed by atoms with Gasteiger partial charge >= 0.3 is 0 Å². The lowest BCUT2D eigenvalue weighted by Crippen LogP contribution is -2.17. The molecule has 1 unspecified atom stereocenters. The van der Waals surface area contributed by atoms with Gasteiger partial charge in [-0.05, 0) is 53.2 Å². The average molecular weight is 331 g/mol. The summed E-state index contributed by atoms with van der Waals surface area (Å²) in [7, 11) is 1.98. The minimum Gasteiger partial charge on any atom is -0.312 e. The van der Waals surface area contributed by atoms with Crippen molar-refractivity contribution in [2.45, 2.75) is 12.5 Å². The van der Waals surface area contributed by atoms with Gasteiger partial charge in [-0.15, -0.1) is 11.3 Å². The van der Waals surface area contributed by atoms with E-state index >= 15 is 0 Å². The van der Waals surface area contributed by atoms with Gasteiger partial charge in [0.2, 0.25) is 0 Å². The normalized spacial score (nSPS) is 12.6. The molecule has 0 aliphatic carbocycles. The highest BCUT2D eigenvalue weighted by Crippen LogP contribution is 2.30. The SMILES string of the molecule is CNC(Cc1ccccc1Cl)c1ccc(Br)s1. The van der Waals surface area contributed by atoms with Crippen LogP contribution < -0.4 is 5.32 Å². The quantitative estimate of drug-likeness (QED) is 0.859. The van der Waals surface area contributed by atoms with Gasteiger partial charge in [-0.25, -0.2) is 0 Å². The lowest BCUT2D eigenvalue weighted by Gasteiger charge is -2.15. The predicted molar refractivity (Wildman–Crippen MR) is 79.0 cm³/mol. The van der Waals surface area contributed by atoms with E-state index in [-0.39, 0.29) is 0 Å². The maximum atomic E-state index is 6.18. The molecule has 0 amide bonds. The number of nitrogens with one attached hydrogen (secondary N) is 1. The van der Waals surface area contributed by atoms with E-state index < -0.39 is 0 Å². The van der Waals surface area contributed by atoms with Gasteiger partial charge in [-0.1, -0.05) is 29.8 Å². The van der Waals surface area contributed by atoms with Crippen molar-refractivity contribution in [2.24, 2.45) is 0 Å². The molecule has 1 heterocycles. The van der Waals surface area contributed by atoms with Crippen LogP contribution in [0.25, 0.3) is 0 Å². The molecule has 0 aliphatic heterocycles. The molecule has 1 aromatic carbocycles. The number of benzene rings is 1. The van der Waals surface area contributed by atoms with Crippen LogP contribution in [0.5, 0.6) is 0 Å². The smallest absolute Gasteiger partial charge is 0.0701 e. The van der Waals surface area contributed by atoms with E-state index in [1.165, 1.54) is 10.4 Å². The number of thiophene rings is 1. The molecule has 2 rings (SSSR count). The van der Waals surface area contributed by atoms with Gasteiger partial charge in [0.1, 0.15) is 0 Å². The third-order valence-electron chi connectivity index (χ3n) is 2.67. The standard InChI is InChI=1S/C13H13BrClNS/c1-16-11(12-6-7-13(14)17-12)8-9-4-2-3-5-10(9)15/h2-7,11,16H,8H2,1H3. The zero-order chi connectivity index (χ0) is 12.3. The fourth-order valence-corrected chi connectivity index (χ4v) is 3.49. The van der Waals surface area contributed by atoms with Gasteiger partial charge in [0.15, 0.2) is 0 Å². The van der Waals surface area contributed by atoms with Gasteiger partial charge in [-0.3, -0.25) is 0 Å². The number of hydrogen-bond donors (Lipinski definition) is 1. The fourth-order valence-electron chi connectivity index (χ4n) is 1.74. The molecule has 2 aromatic rings. The molecule has 0 bridgehead atoms. The molecule has 1 atom stereocenters. The van der Waals surface area contributed by atoms with Gasteiger partial charge in [-0.2, -0.15) is 0 Å². The summed E-state index contributed by atoms with van der Waals surface area (Å²) >= 11 is 11.4. The van der Waals surface area contributed by atoms with Crippen molar-refractivity contribution in [1.82, 2.24) is 5.32 Å². The average Bonchev–Trinajstić information content (AvgIpc) is 2.75. The molecule has 4 heteroatoms. The summed E-state index contributed by atoms with van der Waals surface area (Å²) in [5.41, 5.74) is 1.18. The molecule has 90 valence electrons. The van der Waals surface area contributed by atoms with E-state index in [0.717, 1.165) is 15.2 Å². The molecule has 0 spiro atoms. The Balaban J connectivity index is 2.18. The second-order valence-corrected chi connectivity index (χ2v) is 6.68. The molecule has 0 aliphatic rings. The fraction of sp³-hybridized carbons (Fsp3) is 0.231. The lowest BCUT2D eigenvalue weighted by atomic mass is 10.0. The highest BCUT2D eigenvalue weighted by molar-refractivity contribution is 9.11. The summed E-state index contributed by atoms with van der Waals surface area (Å²) in [6.45, 7) is 0. The Hall–Kier alpha value is -0.350. The Labute approximate surface area is 119 Å². The van der Waals surface area contributed by atoms with E-state index in [4.69, 9.17) is 11.6 Å². The van der Waals surface area contributed by atoms with Crippen molar-refractivity contribution >= 4 is 38.9 Å². The summed E-state index contributed by atoms with van der Waals surface area (Å²) in [6, 6.07) is 12.5. The molecular weight excluding hydrogens is 318 g/mol. The minimum absolute atomic E-state index is 0.311. The third kappa shape index (κ3) is 3.32. The Kier molecular flexibility index (Phi) is 4.62. The van der Waals surface area contributed by atoms with Crippen LogP contribution in [-0.2, 0) is 6.42 Å². The summed E-state index contributed by atoms with van der Waals surface area (Å²) in [5.74, 6) is 0. The molecule has 0 radical (unpaired) electrons. The van der Waals surface area contributed by atoms with E-state index in [1.807, 2.05) is 25.2 Å². The van der Waals surface area contributed by atoms with Gasteiger partial charge in [0.25, 0.3) is 0 Å². The maximum Gasteiger partial charge on any atom is 0.0701 e. The van der Waals surface area contributed by atoms with Crippen molar-refractivity contribution in [2.75, 3.05) is 7.05 Å². The molecule has 0 fully saturated rings. The monoisotopic (exact) mass is 329 g/mol. The van der Waals surface area contributed by atoms with Crippen LogP contribution in [-0.4, -0.2) is 7.05 Å². The van der Waals surface area contributed by atoms with E-state index in [2.05, 4.69) is 39.4 Å². The second kappa shape index (κ2) is 6.01. The van der Waals surface area contributed by atoms with Crippen molar-refractivity contribution in [1.29, 1.82) is 0 Å². The van der Waals surface area contributed by atoms with Gasteiger partial charge in [0.05, 0.1) is 3.79 Å². The molecular formula is C13H13BrClNS. The first-order valence-electron chi connectivity index (χ1n) is 5.36. The first-order valence-corrected chi connectivity index (χ1v) is 7.35. The Morgan fingerprint density at radius 3 is 2.65 bits per heavy atom. The highest BCUT2D eigenvalue weighted by atomic mass is 79.9. The van der Waals surface area contributed by atoms with Crippen LogP contribution in [0.4, 0.5) is 0 Å². The zero-order valence-corrected chi connectivity index (χ0v) is 12.6. The first-order chi connectivity index (χ1) is 8.20. The predicted octanol–water partition coefficient (Wildman–Crippen LogP) is 4.67. The van der Waals surface area contributed by atoms with Crippen LogP contribution in [0.15, 0.2) is 40.2 Å². The number of likely N-dealkylation sites (N-methyl/N-ethyl adjacent to an activating group) is 1. The van der Waals surface area contributed by atoms with Gasteiger partial charge in [0, 0.05) is 15.9 Å². The summed E-state index contributed by atoms with van der Waals surface area (Å²) < 4.78 is 1.16. The van der Waals surface area contributed by atoms with Crippen LogP contribution >= 0.6 is 38.9 Å². The molecule has 0 saturated heterocycles. The second-order valence-electron chi connectivity index (χ2n) is 3.78. The minimum atomic E-state index is 0.311. The molecule has 1 nitrogen and oxygen atoms in total. The zero-order valence-electron chi connectivity index (χ0n) is 9.41. The van der Waals surface area contributed by atoms with Crippen LogP contribution in [0, 0.1) is 0 Å². The molecule has 0 saturated carbocycles. The van der Waals surface area contributed by atoms with Crippen molar-refractivity contribution < 1.29 is 0 Å². The lowest BCUT2D eigenvalue weighted by molar-refractivity contribution is 0.602. The number of rotatable bonds is 4. The van der Waals surface area contributed by atoms with Crippen molar-refractivity contribution in [3.63, 3.8) is 0 Å². The van der Waals surface area contributed by atoms with Crippen molar-refractivity contribution in [3.8, 4) is 0 Å². The molecule has 17 heavy (non-hydrogen) atoms. The summed E-state index contributed by atoms with van der Waals surface area (Å²) in [5, 5.41) is 4.17. The number of halogens is 2. The Morgan fingerprint density at radius 2 is 2.06 bits per heavy atom. The largest absolute Gasteiger partial charge is 0.312 e. The van der Waals surface area contributed by atoms with Crippen molar-refractivity contribution in [3.05, 3.63) is 55.6 Å². The first kappa shape index (κ1) is 13.1. The topological polar surface area (TPSA) is 12.0 Å². The van der Waals surface area contributed by atoms with Crippen LogP contribution in [0.3, 0.4) is 0 Å². The van der Waals surface area contributed by atoms with E-state index in [1.54, 1.807) is 11.3 Å². The molecule has 1 N–H and O–H groups in total.